The van der Waals surface area contributed by atoms with Crippen molar-refractivity contribution in [2.45, 2.75) is 64.6 Å². The molecule has 1 N–H and O–H groups in total. The lowest BCUT2D eigenvalue weighted by Gasteiger charge is -2.13. The Morgan fingerprint density at radius 3 is 2.79 bits per heavy atom. The highest BCUT2D eigenvalue weighted by Crippen LogP contribution is 2.39. The summed E-state index contributed by atoms with van der Waals surface area (Å²) in [4.78, 5) is 27.8. The molecular formula is C23H28N4O3S3. The van der Waals surface area contributed by atoms with Gasteiger partial charge in [-0.3, -0.25) is 9.36 Å². The maximum atomic E-state index is 12.8. The first-order valence-corrected chi connectivity index (χ1v) is 13.9. The molecule has 0 atom stereocenters. The molecule has 3 aromatic rings. The molecule has 10 heteroatoms. The van der Waals surface area contributed by atoms with Crippen molar-refractivity contribution in [1.82, 2.24) is 14.8 Å². The van der Waals surface area contributed by atoms with Crippen LogP contribution in [-0.4, -0.2) is 39.0 Å². The topological polar surface area (TPSA) is 86.1 Å². The Morgan fingerprint density at radius 2 is 2.09 bits per heavy atom. The molecule has 0 saturated carbocycles. The molecule has 3 aromatic heterocycles. The molecule has 0 aromatic carbocycles. The molecule has 33 heavy (non-hydrogen) atoms. The third-order valence-corrected chi connectivity index (χ3v) is 8.66. The number of nitrogens with one attached hydrogen (secondary N) is 1. The Morgan fingerprint density at radius 1 is 1.27 bits per heavy atom. The quantitative estimate of drug-likeness (QED) is 0.301. The molecular weight excluding hydrogens is 476 g/mol. The van der Waals surface area contributed by atoms with Crippen LogP contribution in [0.1, 0.15) is 65.8 Å². The van der Waals surface area contributed by atoms with Crippen molar-refractivity contribution >= 4 is 51.3 Å². The molecule has 4 rings (SSSR count). The average molecular weight is 505 g/mol. The fourth-order valence-corrected chi connectivity index (χ4v) is 6.90. The largest absolute Gasteiger partial charge is 0.462 e. The molecule has 0 spiro atoms. The van der Waals surface area contributed by atoms with Crippen LogP contribution < -0.4 is 5.32 Å². The van der Waals surface area contributed by atoms with Crippen molar-refractivity contribution in [3.8, 4) is 11.4 Å². The van der Waals surface area contributed by atoms with E-state index < -0.39 is 0 Å². The van der Waals surface area contributed by atoms with E-state index in [1.54, 1.807) is 18.3 Å². The van der Waals surface area contributed by atoms with E-state index in [0.717, 1.165) is 42.6 Å². The van der Waals surface area contributed by atoms with E-state index in [4.69, 9.17) is 4.74 Å². The third kappa shape index (κ3) is 5.02. The van der Waals surface area contributed by atoms with Gasteiger partial charge in [-0.15, -0.1) is 32.9 Å². The molecule has 1 amide bonds. The number of esters is 1. The molecule has 7 nitrogen and oxygen atoms in total. The van der Waals surface area contributed by atoms with Gasteiger partial charge >= 0.3 is 5.97 Å². The van der Waals surface area contributed by atoms with E-state index in [1.807, 2.05) is 0 Å². The number of fused-ring (bicyclic) bond motifs is 1. The number of hydrogen-bond donors (Lipinski definition) is 1. The lowest BCUT2D eigenvalue weighted by molar-refractivity contribution is -0.113. The second-order valence-electron chi connectivity index (χ2n) is 8.04. The highest BCUT2D eigenvalue weighted by molar-refractivity contribution is 7.99. The first-order chi connectivity index (χ1) is 15.9. The second-order valence-corrected chi connectivity index (χ2v) is 11.1. The zero-order valence-corrected chi connectivity index (χ0v) is 21.7. The van der Waals surface area contributed by atoms with E-state index in [2.05, 4.69) is 52.3 Å². The summed E-state index contributed by atoms with van der Waals surface area (Å²) in [6.07, 6.45) is 3.82. The monoisotopic (exact) mass is 504 g/mol. The summed E-state index contributed by atoms with van der Waals surface area (Å²) < 4.78 is 7.32. The van der Waals surface area contributed by atoms with E-state index in [0.29, 0.717) is 22.3 Å². The zero-order valence-electron chi connectivity index (χ0n) is 19.3. The van der Waals surface area contributed by atoms with Crippen molar-refractivity contribution in [2.24, 2.45) is 0 Å². The molecule has 0 radical (unpaired) electrons. The standard InChI is InChI=1S/C23H28N4O3S3/c1-5-15-10-14(11-31-15)20-25-26-23(27(20)13(3)4)32-12-18(28)24-21-19(22(29)30-6-2)16-8-7-9-17(16)33-21/h10-11,13H,5-9,12H2,1-4H3,(H,24,28). The minimum Gasteiger partial charge on any atom is -0.462 e. The van der Waals surface area contributed by atoms with Gasteiger partial charge in [0.05, 0.1) is 17.9 Å². The lowest BCUT2D eigenvalue weighted by atomic mass is 10.1. The number of aryl methyl sites for hydroxylation is 2. The number of carbonyl (C=O) groups is 2. The van der Waals surface area contributed by atoms with Crippen molar-refractivity contribution < 1.29 is 14.3 Å². The second kappa shape index (κ2) is 10.4. The predicted molar refractivity (Wildman–Crippen MR) is 135 cm³/mol. The van der Waals surface area contributed by atoms with E-state index in [9.17, 15) is 9.59 Å². The summed E-state index contributed by atoms with van der Waals surface area (Å²) >= 11 is 4.57. The molecule has 0 unspecified atom stereocenters. The Labute approximate surface area is 206 Å². The number of rotatable bonds is 9. The maximum absolute atomic E-state index is 12.8. The molecule has 176 valence electrons. The number of amides is 1. The summed E-state index contributed by atoms with van der Waals surface area (Å²) in [6, 6.07) is 2.31. The van der Waals surface area contributed by atoms with Gasteiger partial charge in [0.25, 0.3) is 0 Å². The number of aromatic nitrogens is 3. The predicted octanol–water partition coefficient (Wildman–Crippen LogP) is 5.61. The van der Waals surface area contributed by atoms with Crippen LogP contribution in [0.4, 0.5) is 5.00 Å². The number of carbonyl (C=O) groups excluding carboxylic acids is 2. The van der Waals surface area contributed by atoms with Gasteiger partial charge in [-0.1, -0.05) is 18.7 Å². The number of thiophene rings is 2. The highest BCUT2D eigenvalue weighted by atomic mass is 32.2. The smallest absolute Gasteiger partial charge is 0.341 e. The third-order valence-electron chi connectivity index (χ3n) is 5.43. The Balaban J connectivity index is 1.48. The summed E-state index contributed by atoms with van der Waals surface area (Å²) in [5.41, 5.74) is 2.62. The first-order valence-electron chi connectivity index (χ1n) is 11.2. The molecule has 3 heterocycles. The van der Waals surface area contributed by atoms with Gasteiger partial charge in [-0.2, -0.15) is 0 Å². The molecule has 0 fully saturated rings. The number of hydrogen-bond acceptors (Lipinski definition) is 8. The van der Waals surface area contributed by atoms with Crippen LogP contribution in [0.3, 0.4) is 0 Å². The summed E-state index contributed by atoms with van der Waals surface area (Å²) in [7, 11) is 0. The van der Waals surface area contributed by atoms with Gasteiger partial charge in [-0.25, -0.2) is 4.79 Å². The number of anilines is 1. The van der Waals surface area contributed by atoms with Crippen molar-refractivity contribution in [3.63, 3.8) is 0 Å². The van der Waals surface area contributed by atoms with Crippen LogP contribution in [-0.2, 0) is 28.8 Å². The fourth-order valence-electron chi connectivity index (χ4n) is 3.93. The minimum absolute atomic E-state index is 0.154. The van der Waals surface area contributed by atoms with Crippen LogP contribution >= 0.6 is 34.4 Å². The highest BCUT2D eigenvalue weighted by Gasteiger charge is 2.28. The van der Waals surface area contributed by atoms with E-state index in [-0.39, 0.29) is 23.7 Å². The molecule has 0 saturated heterocycles. The van der Waals surface area contributed by atoms with Crippen LogP contribution in [0.25, 0.3) is 11.4 Å². The van der Waals surface area contributed by atoms with Gasteiger partial charge in [0.15, 0.2) is 11.0 Å². The normalized spacial score (nSPS) is 12.9. The van der Waals surface area contributed by atoms with Gasteiger partial charge in [0, 0.05) is 26.7 Å². The summed E-state index contributed by atoms with van der Waals surface area (Å²) in [5, 5.41) is 15.1. The van der Waals surface area contributed by atoms with Gasteiger partial charge in [-0.05, 0) is 58.1 Å². The van der Waals surface area contributed by atoms with Gasteiger partial charge in [0.1, 0.15) is 5.00 Å². The SMILES string of the molecule is CCOC(=O)c1c(NC(=O)CSc2nnc(-c3csc(CC)c3)n2C(C)C)sc2c1CCC2. The summed E-state index contributed by atoms with van der Waals surface area (Å²) in [5.74, 6) is 0.475. The molecule has 1 aliphatic carbocycles. The van der Waals surface area contributed by atoms with Crippen LogP contribution in [0, 0.1) is 0 Å². The minimum atomic E-state index is -0.355. The molecule has 0 aliphatic heterocycles. The average Bonchev–Trinajstić information content (AvgIpc) is 3.54. The fraction of sp³-hybridized carbons (Fsp3) is 0.478. The number of ether oxygens (including phenoxy) is 1. The molecule has 0 bridgehead atoms. The first kappa shape index (κ1) is 24.0. The number of nitrogens with zero attached hydrogens (tertiary/aromatic N) is 3. The van der Waals surface area contributed by atoms with Crippen LogP contribution in [0.5, 0.6) is 0 Å². The lowest BCUT2D eigenvalue weighted by Crippen LogP contribution is -2.17. The Kier molecular flexibility index (Phi) is 7.55. The van der Waals surface area contributed by atoms with E-state index >= 15 is 0 Å². The molecule has 1 aliphatic rings. The number of thioether (sulfide) groups is 1. The van der Waals surface area contributed by atoms with Crippen molar-refractivity contribution in [2.75, 3.05) is 17.7 Å². The zero-order chi connectivity index (χ0) is 23.5. The maximum Gasteiger partial charge on any atom is 0.341 e. The van der Waals surface area contributed by atoms with Crippen molar-refractivity contribution in [3.05, 3.63) is 32.3 Å². The van der Waals surface area contributed by atoms with E-state index in [1.165, 1.54) is 32.9 Å². The Bertz CT molecular complexity index is 1160. The Hall–Kier alpha value is -2.17. The summed E-state index contributed by atoms with van der Waals surface area (Å²) in [6.45, 7) is 8.41. The van der Waals surface area contributed by atoms with Gasteiger partial charge < -0.3 is 10.1 Å². The van der Waals surface area contributed by atoms with Crippen LogP contribution in [0.15, 0.2) is 16.6 Å². The van der Waals surface area contributed by atoms with Gasteiger partial charge in [0.2, 0.25) is 5.91 Å². The van der Waals surface area contributed by atoms with Crippen molar-refractivity contribution in [1.29, 1.82) is 0 Å². The van der Waals surface area contributed by atoms with Crippen LogP contribution in [0.2, 0.25) is 0 Å².